The van der Waals surface area contributed by atoms with Crippen LogP contribution in [-0.2, 0) is 15.0 Å². The fraction of sp³-hybridized carbons (Fsp3) is 0.414. The van der Waals surface area contributed by atoms with Gasteiger partial charge in [-0.3, -0.25) is 14.6 Å². The summed E-state index contributed by atoms with van der Waals surface area (Å²) >= 11 is 0. The third-order valence-corrected chi connectivity index (χ3v) is 7.60. The van der Waals surface area contributed by atoms with Gasteiger partial charge in [0.05, 0.1) is 23.3 Å². The first-order chi connectivity index (χ1) is 17.7. The Hall–Kier alpha value is -3.65. The molecule has 2 aliphatic heterocycles. The van der Waals surface area contributed by atoms with Gasteiger partial charge >= 0.3 is 0 Å². The van der Waals surface area contributed by atoms with E-state index in [4.69, 9.17) is 4.52 Å². The summed E-state index contributed by atoms with van der Waals surface area (Å²) < 4.78 is 5.46. The summed E-state index contributed by atoms with van der Waals surface area (Å²) in [5, 5.41) is 14.5. The Kier molecular flexibility index (Phi) is 6.54. The lowest BCUT2D eigenvalue weighted by atomic mass is 9.78. The van der Waals surface area contributed by atoms with Crippen molar-refractivity contribution in [2.24, 2.45) is 10.9 Å². The van der Waals surface area contributed by atoms with Gasteiger partial charge < -0.3 is 14.5 Å². The van der Waals surface area contributed by atoms with Crippen LogP contribution in [0.15, 0.2) is 64.4 Å². The number of nitrogens with zero attached hydrogens (tertiary/aromatic N) is 4. The Bertz CT molecular complexity index is 1330. The van der Waals surface area contributed by atoms with Crippen LogP contribution in [0.3, 0.4) is 0 Å². The molecule has 2 aromatic heterocycles. The number of amides is 2. The highest BCUT2D eigenvalue weighted by molar-refractivity contribution is 6.11. The molecule has 37 heavy (non-hydrogen) atoms. The number of aryl methyl sites for hydroxylation is 1. The van der Waals surface area contributed by atoms with E-state index in [0.29, 0.717) is 30.0 Å². The minimum atomic E-state index is -0.829. The van der Waals surface area contributed by atoms with Crippen LogP contribution in [0.5, 0.6) is 0 Å². The van der Waals surface area contributed by atoms with Gasteiger partial charge in [0.15, 0.2) is 0 Å². The van der Waals surface area contributed by atoms with Crippen molar-refractivity contribution in [3.8, 4) is 11.1 Å². The summed E-state index contributed by atoms with van der Waals surface area (Å²) in [6.45, 7) is 7.84. The van der Waals surface area contributed by atoms with Crippen LogP contribution in [0.4, 0.5) is 0 Å². The molecule has 4 atom stereocenters. The van der Waals surface area contributed by atoms with Gasteiger partial charge in [-0.1, -0.05) is 49.3 Å². The first-order valence-electron chi connectivity index (χ1n) is 12.7. The number of pyridine rings is 1. The van der Waals surface area contributed by atoms with Crippen molar-refractivity contribution in [3.05, 3.63) is 71.9 Å². The van der Waals surface area contributed by atoms with E-state index in [1.807, 2.05) is 64.1 Å². The van der Waals surface area contributed by atoms with Crippen LogP contribution in [0.25, 0.3) is 11.1 Å². The minimum absolute atomic E-state index is 0.0333. The first-order valence-corrected chi connectivity index (χ1v) is 12.7. The first kappa shape index (κ1) is 25.0. The van der Waals surface area contributed by atoms with Gasteiger partial charge in [0.2, 0.25) is 5.91 Å². The Morgan fingerprint density at radius 1 is 1.19 bits per heavy atom. The van der Waals surface area contributed by atoms with Crippen molar-refractivity contribution in [1.29, 1.82) is 0 Å². The largest absolute Gasteiger partial charge is 0.391 e. The highest BCUT2D eigenvalue weighted by Crippen LogP contribution is 2.39. The number of carbonyl (C=O) groups is 2. The van der Waals surface area contributed by atoms with Gasteiger partial charge in [-0.15, -0.1) is 0 Å². The number of aliphatic hydroxyl groups excluding tert-OH is 1. The van der Waals surface area contributed by atoms with E-state index in [2.05, 4.69) is 15.1 Å². The maximum Gasteiger partial charge on any atom is 0.256 e. The molecular weight excluding hydrogens is 468 g/mol. The molecule has 1 fully saturated rings. The van der Waals surface area contributed by atoms with Crippen LogP contribution >= 0.6 is 0 Å². The number of aromatic nitrogens is 2. The quantitative estimate of drug-likeness (QED) is 0.546. The monoisotopic (exact) mass is 500 g/mol. The molecule has 8 nitrogen and oxygen atoms in total. The summed E-state index contributed by atoms with van der Waals surface area (Å²) in [6, 6.07) is 13.1. The van der Waals surface area contributed by atoms with Gasteiger partial charge in [-0.2, -0.15) is 0 Å². The van der Waals surface area contributed by atoms with E-state index in [1.54, 1.807) is 23.4 Å². The molecule has 0 unspecified atom stereocenters. The van der Waals surface area contributed by atoms with Gasteiger partial charge in [0, 0.05) is 43.6 Å². The number of hydrogen-bond donors (Lipinski definition) is 1. The zero-order chi connectivity index (χ0) is 26.3. The Morgan fingerprint density at radius 2 is 1.95 bits per heavy atom. The fourth-order valence-electron chi connectivity index (χ4n) is 5.53. The number of rotatable bonds is 6. The highest BCUT2D eigenvalue weighted by atomic mass is 16.5. The van der Waals surface area contributed by atoms with Crippen molar-refractivity contribution < 1.29 is 19.2 Å². The van der Waals surface area contributed by atoms with E-state index in [-0.39, 0.29) is 24.3 Å². The summed E-state index contributed by atoms with van der Waals surface area (Å²) in [6.07, 6.45) is 3.61. The molecule has 0 bridgehead atoms. The third kappa shape index (κ3) is 4.62. The van der Waals surface area contributed by atoms with Crippen LogP contribution in [0.2, 0.25) is 0 Å². The van der Waals surface area contributed by atoms with Crippen LogP contribution in [0, 0.1) is 12.8 Å². The molecule has 3 aromatic rings. The smallest absolute Gasteiger partial charge is 0.256 e. The van der Waals surface area contributed by atoms with E-state index in [0.717, 1.165) is 16.7 Å². The molecule has 192 valence electrons. The Labute approximate surface area is 216 Å². The topological polar surface area (TPSA) is 109 Å². The molecule has 0 radical (unpaired) electrons. The highest BCUT2D eigenvalue weighted by Gasteiger charge is 2.48. The second-order valence-corrected chi connectivity index (χ2v) is 10.7. The molecule has 0 spiro atoms. The van der Waals surface area contributed by atoms with Crippen molar-refractivity contribution in [1.82, 2.24) is 15.0 Å². The van der Waals surface area contributed by atoms with E-state index in [9.17, 15) is 14.7 Å². The summed E-state index contributed by atoms with van der Waals surface area (Å²) in [5.41, 5.74) is 3.42. The van der Waals surface area contributed by atoms with Crippen LogP contribution < -0.4 is 0 Å². The lowest BCUT2D eigenvalue weighted by Crippen LogP contribution is -2.44. The number of benzene rings is 1. The van der Waals surface area contributed by atoms with Gasteiger partial charge in [0.1, 0.15) is 11.7 Å². The van der Waals surface area contributed by atoms with Gasteiger partial charge in [-0.05, 0) is 42.5 Å². The summed E-state index contributed by atoms with van der Waals surface area (Å²) in [7, 11) is 0. The van der Waals surface area contributed by atoms with E-state index < -0.39 is 23.5 Å². The average Bonchev–Trinajstić information content (AvgIpc) is 3.57. The number of likely N-dealkylation sites (tertiary alicyclic amines) is 1. The van der Waals surface area contributed by atoms with Crippen molar-refractivity contribution in [2.75, 3.05) is 6.54 Å². The lowest BCUT2D eigenvalue weighted by molar-refractivity contribution is -0.134. The predicted octanol–water partition coefficient (Wildman–Crippen LogP) is 4.08. The lowest BCUT2D eigenvalue weighted by Gasteiger charge is -2.30. The van der Waals surface area contributed by atoms with Gasteiger partial charge in [-0.25, -0.2) is 4.99 Å². The molecule has 0 saturated carbocycles. The molecule has 8 heteroatoms. The molecule has 4 heterocycles. The fourth-order valence-corrected chi connectivity index (χ4v) is 5.53. The molecule has 2 amide bonds. The van der Waals surface area contributed by atoms with Crippen LogP contribution in [-0.4, -0.2) is 56.4 Å². The minimum Gasteiger partial charge on any atom is -0.391 e. The standard InChI is InChI=1S/C29H32N4O4/c1-17(2)26(25-12-18(3)32-37-25)27(35)33-16-22(34)13-24(33)23-14-29(4,28(36)31-23)21-9-7-19(8-10-21)20-6-5-11-30-15-20/h5-12,15,17,22,24,26,34H,13-14,16H2,1-4H3/t22-,24-,26-,29-/m1/s1. The molecular formula is C29H32N4O4. The molecule has 1 N–H and O–H groups in total. The maximum atomic E-state index is 13.8. The Balaban J connectivity index is 1.39. The molecule has 2 aliphatic rings. The van der Waals surface area contributed by atoms with Crippen molar-refractivity contribution in [2.45, 2.75) is 64.0 Å². The zero-order valence-electron chi connectivity index (χ0n) is 21.6. The number of aliphatic imine (C=N–C) groups is 1. The maximum absolute atomic E-state index is 13.8. The molecule has 1 saturated heterocycles. The molecule has 5 rings (SSSR count). The zero-order valence-corrected chi connectivity index (χ0v) is 21.6. The second kappa shape index (κ2) is 9.67. The Morgan fingerprint density at radius 3 is 2.57 bits per heavy atom. The molecule has 1 aromatic carbocycles. The average molecular weight is 501 g/mol. The number of β-amino-alcohol motifs (C(OH)–C–C–N with tert-alkyl or cyclic N) is 1. The summed E-state index contributed by atoms with van der Waals surface area (Å²) in [5.74, 6) is -0.415. The number of carbonyl (C=O) groups excluding carboxylic acids is 2. The van der Waals surface area contributed by atoms with Crippen molar-refractivity contribution in [3.63, 3.8) is 0 Å². The van der Waals surface area contributed by atoms with Crippen molar-refractivity contribution >= 4 is 17.5 Å². The normalized spacial score (nSPS) is 24.5. The number of aliphatic hydroxyl groups is 1. The predicted molar refractivity (Wildman–Crippen MR) is 139 cm³/mol. The summed E-state index contributed by atoms with van der Waals surface area (Å²) in [4.78, 5) is 37.3. The van der Waals surface area contributed by atoms with E-state index >= 15 is 0 Å². The van der Waals surface area contributed by atoms with Crippen LogP contribution in [0.1, 0.15) is 56.5 Å². The SMILES string of the molecule is Cc1cc([C@H](C(=O)N2C[C@H](O)C[C@@H]2C2=NC(=O)[C@@](C)(c3ccc(-c4cccnc4)cc3)C2)C(C)C)on1. The van der Waals surface area contributed by atoms with Gasteiger partial charge in [0.25, 0.3) is 5.91 Å². The third-order valence-electron chi connectivity index (χ3n) is 7.60. The number of hydrogen-bond acceptors (Lipinski definition) is 6. The molecule has 0 aliphatic carbocycles. The second-order valence-electron chi connectivity index (χ2n) is 10.7. The van der Waals surface area contributed by atoms with E-state index in [1.165, 1.54) is 0 Å².